The minimum Gasteiger partial charge on any atom is -0.323 e. The number of hydrogen-bond acceptors (Lipinski definition) is 3. The zero-order valence-electron chi connectivity index (χ0n) is 12.5. The summed E-state index contributed by atoms with van der Waals surface area (Å²) >= 11 is 13.5. The topological polar surface area (TPSA) is 49.4 Å². The van der Waals surface area contributed by atoms with Gasteiger partial charge in [0, 0.05) is 16.9 Å². The van der Waals surface area contributed by atoms with Crippen LogP contribution in [0.25, 0.3) is 0 Å². The summed E-state index contributed by atoms with van der Waals surface area (Å²) in [5, 5.41) is 3.28. The van der Waals surface area contributed by atoms with Gasteiger partial charge in [0.1, 0.15) is 0 Å². The Labute approximate surface area is 153 Å². The number of carbonyl (C=O) groups excluding carboxylic acids is 2. The fraction of sp³-hybridized carbons (Fsp3) is 0.176. The maximum Gasteiger partial charge on any atom is 0.266 e. The normalized spacial score (nSPS) is 25.3. The summed E-state index contributed by atoms with van der Waals surface area (Å²) in [4.78, 5) is 26.2. The van der Waals surface area contributed by atoms with Crippen LogP contribution in [0.15, 0.2) is 42.5 Å². The first-order chi connectivity index (χ1) is 11.4. The van der Waals surface area contributed by atoms with Crippen molar-refractivity contribution in [1.29, 1.82) is 0 Å². The molecule has 2 amide bonds. The van der Waals surface area contributed by atoms with E-state index in [4.69, 9.17) is 23.2 Å². The van der Waals surface area contributed by atoms with Gasteiger partial charge in [-0.15, -0.1) is 11.8 Å². The van der Waals surface area contributed by atoms with E-state index < -0.39 is 4.87 Å². The molecule has 2 heterocycles. The standard InChI is InChI=1S/C17H12Cl2N2O2S/c1-9-15(22)21(10-6-7-12(18)13(19)8-10)17(24-9)11-4-2-3-5-14(11)20-16(17)23/h2-9H,1H3,(H,20,23)/t9-,17-/m0/s1. The molecule has 1 fully saturated rings. The van der Waals surface area contributed by atoms with Gasteiger partial charge in [0.05, 0.1) is 15.3 Å². The van der Waals surface area contributed by atoms with Gasteiger partial charge in [-0.25, -0.2) is 0 Å². The van der Waals surface area contributed by atoms with E-state index in [1.807, 2.05) is 24.3 Å². The van der Waals surface area contributed by atoms with Gasteiger partial charge in [-0.1, -0.05) is 41.4 Å². The van der Waals surface area contributed by atoms with E-state index in [1.54, 1.807) is 25.1 Å². The number of hydrogen-bond donors (Lipinski definition) is 1. The lowest BCUT2D eigenvalue weighted by Crippen LogP contribution is -2.47. The van der Waals surface area contributed by atoms with Crippen molar-refractivity contribution in [3.8, 4) is 0 Å². The molecule has 7 heteroatoms. The van der Waals surface area contributed by atoms with Crippen molar-refractivity contribution >= 4 is 58.2 Å². The van der Waals surface area contributed by atoms with Crippen molar-refractivity contribution < 1.29 is 9.59 Å². The molecule has 24 heavy (non-hydrogen) atoms. The Balaban J connectivity index is 1.95. The average Bonchev–Trinajstić information content (AvgIpc) is 2.98. The highest BCUT2D eigenvalue weighted by molar-refractivity contribution is 8.03. The molecule has 0 unspecified atom stereocenters. The van der Waals surface area contributed by atoms with Crippen LogP contribution in [-0.2, 0) is 14.5 Å². The molecule has 0 bridgehead atoms. The van der Waals surface area contributed by atoms with Crippen LogP contribution in [0.5, 0.6) is 0 Å². The first-order valence-corrected chi connectivity index (χ1v) is 8.96. The number of halogens is 2. The SMILES string of the molecule is C[C@@H]1S[C@@]2(C(=O)Nc3ccccc32)N(c2ccc(Cl)c(Cl)c2)C1=O. The minimum absolute atomic E-state index is 0.134. The Morgan fingerprint density at radius 3 is 2.62 bits per heavy atom. The summed E-state index contributed by atoms with van der Waals surface area (Å²) in [5.74, 6) is -0.359. The number of para-hydroxylation sites is 1. The highest BCUT2D eigenvalue weighted by Gasteiger charge is 2.60. The third kappa shape index (κ3) is 2.01. The van der Waals surface area contributed by atoms with Crippen molar-refractivity contribution in [2.75, 3.05) is 10.2 Å². The van der Waals surface area contributed by atoms with Crippen LogP contribution in [0.3, 0.4) is 0 Å². The van der Waals surface area contributed by atoms with Crippen molar-refractivity contribution in [2.24, 2.45) is 0 Å². The number of benzene rings is 2. The number of amides is 2. The number of fused-ring (bicyclic) bond motifs is 2. The van der Waals surface area contributed by atoms with Crippen LogP contribution in [0.4, 0.5) is 11.4 Å². The van der Waals surface area contributed by atoms with E-state index in [2.05, 4.69) is 5.32 Å². The molecule has 2 atom stereocenters. The molecule has 4 nitrogen and oxygen atoms in total. The van der Waals surface area contributed by atoms with Crippen molar-refractivity contribution in [2.45, 2.75) is 17.0 Å². The molecule has 2 aromatic carbocycles. The number of thioether (sulfide) groups is 1. The number of nitrogens with zero attached hydrogens (tertiary/aromatic N) is 1. The van der Waals surface area contributed by atoms with E-state index in [9.17, 15) is 9.59 Å². The second kappa shape index (κ2) is 5.41. The van der Waals surface area contributed by atoms with Crippen molar-refractivity contribution in [1.82, 2.24) is 0 Å². The largest absolute Gasteiger partial charge is 0.323 e. The minimum atomic E-state index is -1.12. The highest BCUT2D eigenvalue weighted by atomic mass is 35.5. The second-order valence-electron chi connectivity index (χ2n) is 5.68. The Hall–Kier alpha value is -1.69. The summed E-state index contributed by atoms with van der Waals surface area (Å²) in [6.45, 7) is 1.81. The zero-order valence-corrected chi connectivity index (χ0v) is 14.9. The third-order valence-corrected chi connectivity index (χ3v) is 6.46. The quantitative estimate of drug-likeness (QED) is 0.805. The highest BCUT2D eigenvalue weighted by Crippen LogP contribution is 2.56. The maximum atomic E-state index is 12.9. The lowest BCUT2D eigenvalue weighted by molar-refractivity contribution is -0.122. The van der Waals surface area contributed by atoms with Gasteiger partial charge in [0.2, 0.25) is 10.8 Å². The molecule has 0 saturated carbocycles. The lowest BCUT2D eigenvalue weighted by atomic mass is 10.0. The van der Waals surface area contributed by atoms with Gasteiger partial charge >= 0.3 is 0 Å². The van der Waals surface area contributed by atoms with E-state index in [1.165, 1.54) is 16.7 Å². The summed E-state index contributed by atoms with van der Waals surface area (Å²) in [6, 6.07) is 12.4. The monoisotopic (exact) mass is 378 g/mol. The zero-order chi connectivity index (χ0) is 17.1. The Morgan fingerprint density at radius 1 is 1.12 bits per heavy atom. The number of anilines is 2. The Kier molecular flexibility index (Phi) is 3.56. The molecular weight excluding hydrogens is 367 g/mol. The molecule has 1 saturated heterocycles. The summed E-state index contributed by atoms with van der Waals surface area (Å²) in [7, 11) is 0. The lowest BCUT2D eigenvalue weighted by Gasteiger charge is -2.32. The van der Waals surface area contributed by atoms with E-state index in [-0.39, 0.29) is 17.1 Å². The summed E-state index contributed by atoms with van der Waals surface area (Å²) in [5.41, 5.74) is 2.06. The fourth-order valence-electron chi connectivity index (χ4n) is 3.19. The Bertz CT molecular complexity index is 889. The molecule has 2 aromatic rings. The van der Waals surface area contributed by atoms with Gasteiger partial charge < -0.3 is 5.32 Å². The van der Waals surface area contributed by atoms with E-state index in [0.29, 0.717) is 15.7 Å². The molecule has 1 N–H and O–H groups in total. The second-order valence-corrected chi connectivity index (χ2v) is 8.02. The molecule has 2 aliphatic heterocycles. The molecule has 2 aliphatic rings. The third-order valence-electron chi connectivity index (χ3n) is 4.24. The first kappa shape index (κ1) is 15.8. The van der Waals surface area contributed by atoms with Crippen LogP contribution in [0, 0.1) is 0 Å². The van der Waals surface area contributed by atoms with E-state index in [0.717, 1.165) is 11.3 Å². The van der Waals surface area contributed by atoms with Gasteiger partial charge in [-0.2, -0.15) is 0 Å². The molecule has 122 valence electrons. The van der Waals surface area contributed by atoms with Crippen LogP contribution in [0.2, 0.25) is 10.0 Å². The number of rotatable bonds is 1. The first-order valence-electron chi connectivity index (χ1n) is 7.33. The molecule has 0 radical (unpaired) electrons. The van der Waals surface area contributed by atoms with Gasteiger partial charge in [-0.3, -0.25) is 14.5 Å². The number of nitrogens with one attached hydrogen (secondary N) is 1. The summed E-state index contributed by atoms with van der Waals surface area (Å²) in [6.07, 6.45) is 0. The van der Waals surface area contributed by atoms with Gasteiger partial charge in [0.25, 0.3) is 5.91 Å². The molecule has 4 rings (SSSR count). The molecule has 0 aromatic heterocycles. The molecular formula is C17H12Cl2N2O2S. The predicted octanol–water partition coefficient (Wildman–Crippen LogP) is 4.27. The van der Waals surface area contributed by atoms with Crippen molar-refractivity contribution in [3.63, 3.8) is 0 Å². The molecule has 0 aliphatic carbocycles. The average molecular weight is 379 g/mol. The van der Waals surface area contributed by atoms with Crippen LogP contribution < -0.4 is 10.2 Å². The summed E-state index contributed by atoms with van der Waals surface area (Å²) < 4.78 is 0. The van der Waals surface area contributed by atoms with Crippen LogP contribution in [-0.4, -0.2) is 17.1 Å². The van der Waals surface area contributed by atoms with Crippen LogP contribution in [0.1, 0.15) is 12.5 Å². The van der Waals surface area contributed by atoms with E-state index >= 15 is 0 Å². The fourth-order valence-corrected chi connectivity index (χ4v) is 4.96. The smallest absolute Gasteiger partial charge is 0.266 e. The van der Waals surface area contributed by atoms with Crippen LogP contribution >= 0.6 is 35.0 Å². The predicted molar refractivity (Wildman–Crippen MR) is 97.8 cm³/mol. The van der Waals surface area contributed by atoms with Crippen molar-refractivity contribution in [3.05, 3.63) is 58.1 Å². The molecule has 1 spiro atoms. The van der Waals surface area contributed by atoms with Gasteiger partial charge in [-0.05, 0) is 31.2 Å². The Morgan fingerprint density at radius 2 is 1.88 bits per heavy atom. The number of carbonyl (C=O) groups is 2. The van der Waals surface area contributed by atoms with Gasteiger partial charge in [0.15, 0.2) is 0 Å². The maximum absolute atomic E-state index is 12.9.